The summed E-state index contributed by atoms with van der Waals surface area (Å²) in [5.74, 6) is -1.58. The van der Waals surface area contributed by atoms with E-state index in [9.17, 15) is 13.6 Å². The highest BCUT2D eigenvalue weighted by atomic mass is 19.2. The van der Waals surface area contributed by atoms with Gasteiger partial charge < -0.3 is 9.73 Å². The summed E-state index contributed by atoms with van der Waals surface area (Å²) in [5, 5.41) is 2.69. The molecule has 0 aliphatic carbocycles. The third kappa shape index (κ3) is 3.42. The molecule has 0 atom stereocenters. The van der Waals surface area contributed by atoms with Gasteiger partial charge in [0, 0.05) is 18.0 Å². The molecule has 6 heteroatoms. The number of halogens is 2. The number of hydrogen-bond donors (Lipinski definition) is 1. The average Bonchev–Trinajstić information content (AvgIpc) is 3.09. The molecule has 1 N–H and O–H groups in total. The molecule has 0 aliphatic heterocycles. The summed E-state index contributed by atoms with van der Waals surface area (Å²) in [5.41, 5.74) is 1.28. The highest BCUT2D eigenvalue weighted by molar-refractivity contribution is 5.94. The van der Waals surface area contributed by atoms with Crippen LogP contribution in [0.4, 0.5) is 8.78 Å². The fourth-order valence-electron chi connectivity index (χ4n) is 2.08. The molecule has 4 nitrogen and oxygen atoms in total. The fraction of sp³-hybridized carbons (Fsp3) is 0.0588. The molecule has 0 aliphatic rings. The molecule has 116 valence electrons. The molecule has 0 saturated heterocycles. The summed E-state index contributed by atoms with van der Waals surface area (Å²) >= 11 is 0. The monoisotopic (exact) mass is 314 g/mol. The van der Waals surface area contributed by atoms with Gasteiger partial charge >= 0.3 is 0 Å². The minimum Gasteiger partial charge on any atom is -0.467 e. The van der Waals surface area contributed by atoms with Crippen LogP contribution in [0.5, 0.6) is 0 Å². The van der Waals surface area contributed by atoms with Gasteiger partial charge in [-0.3, -0.25) is 9.78 Å². The lowest BCUT2D eigenvalue weighted by Gasteiger charge is -2.06. The maximum absolute atomic E-state index is 13.3. The average molecular weight is 314 g/mol. The van der Waals surface area contributed by atoms with E-state index in [4.69, 9.17) is 4.42 Å². The highest BCUT2D eigenvalue weighted by Crippen LogP contribution is 2.21. The van der Waals surface area contributed by atoms with E-state index >= 15 is 0 Å². The number of amides is 1. The number of benzene rings is 1. The maximum Gasteiger partial charge on any atom is 0.253 e. The number of furan rings is 1. The predicted octanol–water partition coefficient (Wildman–Crippen LogP) is 3.55. The van der Waals surface area contributed by atoms with Crippen molar-refractivity contribution in [2.45, 2.75) is 6.54 Å². The SMILES string of the molecule is O=C(NCc1ccco1)c1cncc(-c2ccc(F)c(F)c2)c1. The second kappa shape index (κ2) is 6.39. The number of carbonyl (C=O) groups excluding carboxylic acids is 1. The molecule has 2 heterocycles. The first-order valence-electron chi connectivity index (χ1n) is 6.84. The lowest BCUT2D eigenvalue weighted by atomic mass is 10.1. The van der Waals surface area contributed by atoms with Crippen molar-refractivity contribution in [2.24, 2.45) is 0 Å². The normalized spacial score (nSPS) is 10.5. The van der Waals surface area contributed by atoms with Gasteiger partial charge in [0.15, 0.2) is 11.6 Å². The van der Waals surface area contributed by atoms with Crippen molar-refractivity contribution in [3.63, 3.8) is 0 Å². The van der Waals surface area contributed by atoms with Gasteiger partial charge in [0.1, 0.15) is 5.76 Å². The Morgan fingerprint density at radius 2 is 1.96 bits per heavy atom. The third-order valence-corrected chi connectivity index (χ3v) is 3.26. The van der Waals surface area contributed by atoms with E-state index in [0.29, 0.717) is 22.5 Å². The molecule has 1 amide bonds. The van der Waals surface area contributed by atoms with Gasteiger partial charge in [-0.15, -0.1) is 0 Å². The van der Waals surface area contributed by atoms with Crippen LogP contribution in [0.3, 0.4) is 0 Å². The lowest BCUT2D eigenvalue weighted by Crippen LogP contribution is -2.22. The summed E-state index contributed by atoms with van der Waals surface area (Å²) in [6.45, 7) is 0.251. The highest BCUT2D eigenvalue weighted by Gasteiger charge is 2.10. The van der Waals surface area contributed by atoms with Crippen LogP contribution in [-0.2, 0) is 6.54 Å². The largest absolute Gasteiger partial charge is 0.467 e. The number of nitrogens with one attached hydrogen (secondary N) is 1. The smallest absolute Gasteiger partial charge is 0.253 e. The maximum atomic E-state index is 13.3. The van der Waals surface area contributed by atoms with E-state index in [-0.39, 0.29) is 12.5 Å². The summed E-state index contributed by atoms with van der Waals surface area (Å²) in [6.07, 6.45) is 4.41. The van der Waals surface area contributed by atoms with Gasteiger partial charge in [-0.2, -0.15) is 0 Å². The second-order valence-corrected chi connectivity index (χ2v) is 4.85. The van der Waals surface area contributed by atoms with Crippen molar-refractivity contribution in [1.29, 1.82) is 0 Å². The fourth-order valence-corrected chi connectivity index (χ4v) is 2.08. The topological polar surface area (TPSA) is 55.1 Å². The Morgan fingerprint density at radius 1 is 1.09 bits per heavy atom. The molecule has 2 aromatic heterocycles. The first kappa shape index (κ1) is 14.9. The zero-order valence-corrected chi connectivity index (χ0v) is 11.9. The Labute approximate surface area is 130 Å². The van der Waals surface area contributed by atoms with E-state index in [0.717, 1.165) is 12.1 Å². The lowest BCUT2D eigenvalue weighted by molar-refractivity contribution is 0.0947. The summed E-state index contributed by atoms with van der Waals surface area (Å²) < 4.78 is 31.4. The van der Waals surface area contributed by atoms with Gasteiger partial charge in [-0.1, -0.05) is 6.07 Å². The molecule has 0 unspecified atom stereocenters. The minimum absolute atomic E-state index is 0.251. The van der Waals surface area contributed by atoms with Crippen LogP contribution in [0.15, 0.2) is 59.5 Å². The van der Waals surface area contributed by atoms with Crippen molar-refractivity contribution < 1.29 is 18.0 Å². The third-order valence-electron chi connectivity index (χ3n) is 3.26. The first-order valence-corrected chi connectivity index (χ1v) is 6.84. The molecule has 0 spiro atoms. The van der Waals surface area contributed by atoms with Crippen LogP contribution in [0.1, 0.15) is 16.1 Å². The Balaban J connectivity index is 1.78. The second-order valence-electron chi connectivity index (χ2n) is 4.85. The first-order chi connectivity index (χ1) is 11.1. The molecule has 3 aromatic rings. The standard InChI is InChI=1S/C17H12F2N2O2/c18-15-4-3-11(7-16(15)19)12-6-13(9-20-8-12)17(22)21-10-14-2-1-5-23-14/h1-9H,10H2,(H,21,22). The van der Waals surface area contributed by atoms with Crippen molar-refractivity contribution in [3.05, 3.63) is 78.0 Å². The molecular formula is C17H12F2N2O2. The van der Waals surface area contributed by atoms with E-state index in [2.05, 4.69) is 10.3 Å². The molecule has 0 fully saturated rings. The number of rotatable bonds is 4. The Bertz CT molecular complexity index is 832. The molecule has 1 aromatic carbocycles. The Hall–Kier alpha value is -3.02. The van der Waals surface area contributed by atoms with E-state index < -0.39 is 11.6 Å². The van der Waals surface area contributed by atoms with Gasteiger partial charge in [-0.25, -0.2) is 8.78 Å². The number of nitrogens with zero attached hydrogens (tertiary/aromatic N) is 1. The summed E-state index contributed by atoms with van der Waals surface area (Å²) in [7, 11) is 0. The Kier molecular flexibility index (Phi) is 4.14. The van der Waals surface area contributed by atoms with E-state index in [1.807, 2.05) is 0 Å². The zero-order chi connectivity index (χ0) is 16.2. The van der Waals surface area contributed by atoms with Crippen LogP contribution in [0, 0.1) is 11.6 Å². The van der Waals surface area contributed by atoms with Crippen molar-refractivity contribution >= 4 is 5.91 Å². The zero-order valence-electron chi connectivity index (χ0n) is 11.9. The van der Waals surface area contributed by atoms with Crippen LogP contribution in [-0.4, -0.2) is 10.9 Å². The quantitative estimate of drug-likeness (QED) is 0.801. The van der Waals surface area contributed by atoms with Gasteiger partial charge in [0.2, 0.25) is 0 Å². The van der Waals surface area contributed by atoms with E-state index in [1.54, 1.807) is 18.2 Å². The Morgan fingerprint density at radius 3 is 2.70 bits per heavy atom. The number of aromatic nitrogens is 1. The number of hydrogen-bond acceptors (Lipinski definition) is 3. The van der Waals surface area contributed by atoms with Crippen LogP contribution >= 0.6 is 0 Å². The van der Waals surface area contributed by atoms with Gasteiger partial charge in [0.25, 0.3) is 5.91 Å². The van der Waals surface area contributed by atoms with E-state index in [1.165, 1.54) is 24.7 Å². The molecule has 23 heavy (non-hydrogen) atoms. The summed E-state index contributed by atoms with van der Waals surface area (Å²) in [6, 6.07) is 8.57. The molecule has 0 saturated carbocycles. The van der Waals surface area contributed by atoms with Crippen molar-refractivity contribution in [2.75, 3.05) is 0 Å². The number of pyridine rings is 1. The van der Waals surface area contributed by atoms with Crippen LogP contribution < -0.4 is 5.32 Å². The summed E-state index contributed by atoms with van der Waals surface area (Å²) in [4.78, 5) is 16.1. The molecule has 0 bridgehead atoms. The molecule has 3 rings (SSSR count). The number of carbonyl (C=O) groups is 1. The van der Waals surface area contributed by atoms with Crippen molar-refractivity contribution in [3.8, 4) is 11.1 Å². The van der Waals surface area contributed by atoms with Gasteiger partial charge in [0.05, 0.1) is 18.4 Å². The van der Waals surface area contributed by atoms with Crippen molar-refractivity contribution in [1.82, 2.24) is 10.3 Å². The molecule has 0 radical (unpaired) electrons. The minimum atomic E-state index is -0.949. The van der Waals surface area contributed by atoms with Crippen LogP contribution in [0.25, 0.3) is 11.1 Å². The molecular weight excluding hydrogens is 302 g/mol. The predicted molar refractivity (Wildman–Crippen MR) is 79.5 cm³/mol. The van der Waals surface area contributed by atoms with Crippen LogP contribution in [0.2, 0.25) is 0 Å². The van der Waals surface area contributed by atoms with Gasteiger partial charge in [-0.05, 0) is 35.9 Å².